The Morgan fingerprint density at radius 1 is 0.531 bits per heavy atom. The molecule has 0 radical (unpaired) electrons. The molecule has 0 saturated carbocycles. The molecule has 3 N–H and O–H groups in total. The molecular formula is C55H108N2O6P+. The van der Waals surface area contributed by atoms with Gasteiger partial charge >= 0.3 is 7.82 Å². The Balaban J connectivity index is 4.18. The van der Waals surface area contributed by atoms with Gasteiger partial charge in [-0.3, -0.25) is 13.8 Å². The lowest BCUT2D eigenvalue weighted by Gasteiger charge is -2.25. The molecule has 0 rings (SSSR count). The molecule has 0 aliphatic rings. The third-order valence-corrected chi connectivity index (χ3v) is 13.3. The van der Waals surface area contributed by atoms with E-state index in [4.69, 9.17) is 9.05 Å². The maximum absolute atomic E-state index is 12.9. The Hall–Kier alpha value is -1.28. The number of aliphatic hydroxyl groups excluding tert-OH is 1. The number of aliphatic hydroxyl groups is 1. The van der Waals surface area contributed by atoms with Crippen molar-refractivity contribution in [3.8, 4) is 0 Å². The topological polar surface area (TPSA) is 105 Å². The third-order valence-electron chi connectivity index (χ3n) is 12.4. The normalized spacial score (nSPS) is 14.3. The summed E-state index contributed by atoms with van der Waals surface area (Å²) in [5.41, 5.74) is 0. The lowest BCUT2D eigenvalue weighted by atomic mass is 10.0. The van der Waals surface area contributed by atoms with Crippen molar-refractivity contribution in [1.82, 2.24) is 5.32 Å². The highest BCUT2D eigenvalue weighted by Gasteiger charge is 2.27. The van der Waals surface area contributed by atoms with Gasteiger partial charge in [0.15, 0.2) is 0 Å². The first-order valence-corrected chi connectivity index (χ1v) is 28.9. The van der Waals surface area contributed by atoms with E-state index < -0.39 is 20.0 Å². The highest BCUT2D eigenvalue weighted by molar-refractivity contribution is 7.47. The first-order valence-electron chi connectivity index (χ1n) is 27.4. The SMILES string of the molecule is CCCCCCCCCCC/C=C\C/C=C\CCCCCCCCCCCCCC(=O)NC(COP(=O)(O)OCC[N+](C)(C)C)C(O)/C=C/CCCCCCCCCCCCCCC. The molecule has 0 aromatic heterocycles. The second kappa shape index (κ2) is 46.8. The van der Waals surface area contributed by atoms with Crippen LogP contribution in [0.2, 0.25) is 0 Å². The molecule has 9 heteroatoms. The zero-order valence-electron chi connectivity index (χ0n) is 43.0. The number of phosphoric acid groups is 1. The quantitative estimate of drug-likeness (QED) is 0.0243. The number of nitrogens with one attached hydrogen (secondary N) is 1. The number of nitrogens with zero attached hydrogens (tertiary/aromatic N) is 1. The molecule has 0 aliphatic heterocycles. The smallest absolute Gasteiger partial charge is 0.387 e. The van der Waals surface area contributed by atoms with E-state index in [1.54, 1.807) is 6.08 Å². The molecule has 3 atom stereocenters. The van der Waals surface area contributed by atoms with E-state index in [0.717, 1.165) is 44.9 Å². The van der Waals surface area contributed by atoms with Gasteiger partial charge in [0.25, 0.3) is 0 Å². The van der Waals surface area contributed by atoms with Crippen LogP contribution in [0.15, 0.2) is 36.5 Å². The predicted octanol–water partition coefficient (Wildman–Crippen LogP) is 16.2. The summed E-state index contributed by atoms with van der Waals surface area (Å²) < 4.78 is 23.7. The molecule has 0 bridgehead atoms. The van der Waals surface area contributed by atoms with Crippen LogP contribution in [0.25, 0.3) is 0 Å². The zero-order valence-corrected chi connectivity index (χ0v) is 43.9. The van der Waals surface area contributed by atoms with Gasteiger partial charge in [-0.05, 0) is 51.4 Å². The number of amides is 1. The second-order valence-electron chi connectivity index (χ2n) is 20.0. The highest BCUT2D eigenvalue weighted by atomic mass is 31.2. The molecule has 1 amide bonds. The number of unbranched alkanes of at least 4 members (excludes halogenated alkanes) is 33. The van der Waals surface area contributed by atoms with E-state index in [1.807, 2.05) is 27.2 Å². The van der Waals surface area contributed by atoms with Gasteiger partial charge in [0.05, 0.1) is 39.9 Å². The van der Waals surface area contributed by atoms with Crippen molar-refractivity contribution in [2.75, 3.05) is 40.9 Å². The number of likely N-dealkylation sites (N-methyl/N-ethyl adjacent to an activating group) is 1. The summed E-state index contributed by atoms with van der Waals surface area (Å²) in [6.45, 7) is 4.83. The molecule has 0 heterocycles. The van der Waals surface area contributed by atoms with Crippen molar-refractivity contribution in [2.45, 2.75) is 270 Å². The first-order chi connectivity index (χ1) is 31.0. The standard InChI is InChI=1S/C55H107N2O6P/c1-6-8-10-12-14-16-18-20-22-23-24-25-26-27-28-29-30-31-32-33-35-37-39-41-43-45-47-49-55(59)56-53(52-63-64(60,61)62-51-50-57(3,4)5)54(58)48-46-44-42-40-38-36-34-21-19-17-15-13-11-9-7-2/h24-25,27-28,46,48,53-54,58H,6-23,26,29-45,47,49-52H2,1-5H3,(H-,56,59,60,61)/p+1/b25-24-,28-27-,48-46+. The lowest BCUT2D eigenvalue weighted by molar-refractivity contribution is -0.870. The fourth-order valence-electron chi connectivity index (χ4n) is 8.01. The number of quaternary nitrogens is 1. The largest absolute Gasteiger partial charge is 0.472 e. The number of hydrogen-bond donors (Lipinski definition) is 3. The van der Waals surface area contributed by atoms with Crippen molar-refractivity contribution in [2.24, 2.45) is 0 Å². The van der Waals surface area contributed by atoms with Crippen LogP contribution < -0.4 is 5.32 Å². The van der Waals surface area contributed by atoms with Crippen molar-refractivity contribution in [3.05, 3.63) is 36.5 Å². The summed E-state index contributed by atoms with van der Waals surface area (Å²) >= 11 is 0. The summed E-state index contributed by atoms with van der Waals surface area (Å²) in [7, 11) is 1.58. The van der Waals surface area contributed by atoms with Crippen LogP contribution in [-0.4, -0.2) is 73.4 Å². The van der Waals surface area contributed by atoms with E-state index in [0.29, 0.717) is 17.4 Å². The fourth-order valence-corrected chi connectivity index (χ4v) is 8.75. The van der Waals surface area contributed by atoms with E-state index in [-0.39, 0.29) is 19.1 Å². The molecule has 0 aromatic carbocycles. The van der Waals surface area contributed by atoms with Gasteiger partial charge in [-0.25, -0.2) is 4.57 Å². The van der Waals surface area contributed by atoms with Crippen molar-refractivity contribution in [3.63, 3.8) is 0 Å². The Morgan fingerprint density at radius 2 is 0.891 bits per heavy atom. The summed E-state index contributed by atoms with van der Waals surface area (Å²) in [6.07, 6.45) is 59.5. The molecule has 64 heavy (non-hydrogen) atoms. The number of phosphoric ester groups is 1. The second-order valence-corrected chi connectivity index (χ2v) is 21.4. The average Bonchev–Trinajstić information content (AvgIpc) is 3.25. The Bertz CT molecular complexity index is 1140. The highest BCUT2D eigenvalue weighted by Crippen LogP contribution is 2.43. The van der Waals surface area contributed by atoms with Crippen LogP contribution in [0.3, 0.4) is 0 Å². The minimum Gasteiger partial charge on any atom is -0.387 e. The molecule has 0 fully saturated rings. The Morgan fingerprint density at radius 3 is 1.28 bits per heavy atom. The number of allylic oxidation sites excluding steroid dienone is 5. The van der Waals surface area contributed by atoms with Crippen LogP contribution in [0.4, 0.5) is 0 Å². The molecule has 0 saturated heterocycles. The van der Waals surface area contributed by atoms with Gasteiger partial charge in [-0.1, -0.05) is 237 Å². The summed E-state index contributed by atoms with van der Waals surface area (Å²) in [4.78, 5) is 23.2. The zero-order chi connectivity index (χ0) is 47.1. The number of rotatable bonds is 50. The van der Waals surface area contributed by atoms with Gasteiger partial charge in [-0.15, -0.1) is 0 Å². The third kappa shape index (κ3) is 48.6. The summed E-state index contributed by atoms with van der Waals surface area (Å²) in [5.74, 6) is -0.178. The van der Waals surface area contributed by atoms with E-state index in [1.165, 1.54) is 193 Å². The number of hydrogen-bond acceptors (Lipinski definition) is 5. The molecule has 0 aliphatic carbocycles. The Labute approximate surface area is 397 Å². The van der Waals surface area contributed by atoms with E-state index in [2.05, 4.69) is 43.5 Å². The molecule has 3 unspecified atom stereocenters. The van der Waals surface area contributed by atoms with Crippen LogP contribution >= 0.6 is 7.82 Å². The number of carbonyl (C=O) groups is 1. The van der Waals surface area contributed by atoms with Gasteiger partial charge in [-0.2, -0.15) is 0 Å². The fraction of sp³-hybridized carbons (Fsp3) is 0.873. The van der Waals surface area contributed by atoms with Gasteiger partial charge in [0, 0.05) is 6.42 Å². The van der Waals surface area contributed by atoms with Gasteiger partial charge in [0.1, 0.15) is 13.2 Å². The minimum absolute atomic E-state index is 0.0615. The molecule has 378 valence electrons. The molecular weight excluding hydrogens is 816 g/mol. The van der Waals surface area contributed by atoms with Crippen LogP contribution in [0.5, 0.6) is 0 Å². The Kier molecular flexibility index (Phi) is 45.9. The van der Waals surface area contributed by atoms with Crippen LogP contribution in [0.1, 0.15) is 258 Å². The maximum Gasteiger partial charge on any atom is 0.472 e. The molecule has 0 spiro atoms. The van der Waals surface area contributed by atoms with Crippen LogP contribution in [-0.2, 0) is 18.4 Å². The van der Waals surface area contributed by atoms with Gasteiger partial charge < -0.3 is 19.8 Å². The van der Waals surface area contributed by atoms with Crippen molar-refractivity contribution in [1.29, 1.82) is 0 Å². The molecule has 8 nitrogen and oxygen atoms in total. The van der Waals surface area contributed by atoms with E-state index >= 15 is 0 Å². The number of carbonyl (C=O) groups excluding carboxylic acids is 1. The average molecular weight is 924 g/mol. The monoisotopic (exact) mass is 924 g/mol. The van der Waals surface area contributed by atoms with Gasteiger partial charge in [0.2, 0.25) is 5.91 Å². The van der Waals surface area contributed by atoms with Crippen LogP contribution in [0, 0.1) is 0 Å². The van der Waals surface area contributed by atoms with E-state index in [9.17, 15) is 19.4 Å². The van der Waals surface area contributed by atoms with Crippen molar-refractivity contribution >= 4 is 13.7 Å². The van der Waals surface area contributed by atoms with Crippen molar-refractivity contribution < 1.29 is 32.9 Å². The molecule has 0 aromatic rings. The minimum atomic E-state index is -4.34. The first kappa shape index (κ1) is 62.7. The summed E-state index contributed by atoms with van der Waals surface area (Å²) in [5, 5.41) is 13.9. The maximum atomic E-state index is 12.9. The lowest BCUT2D eigenvalue weighted by Crippen LogP contribution is -2.45. The predicted molar refractivity (Wildman–Crippen MR) is 277 cm³/mol. The summed E-state index contributed by atoms with van der Waals surface area (Å²) in [6, 6.07) is -0.847.